The van der Waals surface area contributed by atoms with Crippen LogP contribution in [0.1, 0.15) is 49.4 Å². The van der Waals surface area contributed by atoms with Crippen molar-refractivity contribution in [2.75, 3.05) is 5.73 Å². The number of pyridine rings is 1. The molecule has 6 nitrogen and oxygen atoms in total. The molecule has 1 saturated carbocycles. The van der Waals surface area contributed by atoms with E-state index >= 15 is 0 Å². The summed E-state index contributed by atoms with van der Waals surface area (Å²) in [7, 11) is 0. The minimum Gasteiger partial charge on any atom is -0.397 e. The molecule has 6 heteroatoms. The van der Waals surface area contributed by atoms with Crippen molar-refractivity contribution in [1.29, 1.82) is 0 Å². The highest BCUT2D eigenvalue weighted by Gasteiger charge is 2.25. The number of aromatic nitrogens is 3. The molecule has 21 heavy (non-hydrogen) atoms. The molecule has 0 spiro atoms. The maximum Gasteiger partial charge on any atom is 0.255 e. The summed E-state index contributed by atoms with van der Waals surface area (Å²) in [5.41, 5.74) is 7.81. The quantitative estimate of drug-likeness (QED) is 0.797. The van der Waals surface area contributed by atoms with Crippen LogP contribution in [-0.2, 0) is 6.54 Å². The van der Waals surface area contributed by atoms with Crippen molar-refractivity contribution in [1.82, 2.24) is 20.1 Å². The van der Waals surface area contributed by atoms with Gasteiger partial charge in [-0.25, -0.2) is 9.67 Å². The number of unbranched alkanes of at least 4 members (excludes halogenated alkanes) is 2. The number of anilines is 1. The summed E-state index contributed by atoms with van der Waals surface area (Å²) < 4.78 is 1.87. The van der Waals surface area contributed by atoms with Crippen LogP contribution in [0.15, 0.2) is 12.4 Å². The Bertz CT molecular complexity index is 659. The predicted molar refractivity (Wildman–Crippen MR) is 82.0 cm³/mol. The number of nitrogens with zero attached hydrogens (tertiary/aromatic N) is 3. The number of hydrogen-bond acceptors (Lipinski definition) is 4. The van der Waals surface area contributed by atoms with E-state index in [1.165, 1.54) is 12.8 Å². The fourth-order valence-corrected chi connectivity index (χ4v) is 2.39. The molecule has 1 amide bonds. The lowest BCUT2D eigenvalue weighted by Gasteiger charge is -2.07. The van der Waals surface area contributed by atoms with Gasteiger partial charge in [-0.2, -0.15) is 5.10 Å². The zero-order chi connectivity index (χ0) is 14.8. The van der Waals surface area contributed by atoms with Gasteiger partial charge in [0.15, 0.2) is 5.65 Å². The number of rotatable bonds is 6. The number of amides is 1. The Balaban J connectivity index is 1.85. The number of aryl methyl sites for hydroxylation is 1. The molecule has 1 aliphatic rings. The smallest absolute Gasteiger partial charge is 0.255 e. The van der Waals surface area contributed by atoms with Crippen LogP contribution in [0.4, 0.5) is 5.69 Å². The van der Waals surface area contributed by atoms with E-state index < -0.39 is 0 Å². The molecule has 3 rings (SSSR count). The van der Waals surface area contributed by atoms with Crippen molar-refractivity contribution in [3.63, 3.8) is 0 Å². The molecular weight excluding hydrogens is 266 g/mol. The van der Waals surface area contributed by atoms with Crippen molar-refractivity contribution >= 4 is 22.6 Å². The summed E-state index contributed by atoms with van der Waals surface area (Å²) in [5.74, 6) is -0.136. The van der Waals surface area contributed by atoms with E-state index in [1.54, 1.807) is 12.4 Å². The van der Waals surface area contributed by atoms with Crippen LogP contribution >= 0.6 is 0 Å². The maximum atomic E-state index is 12.1. The topological polar surface area (TPSA) is 85.8 Å². The van der Waals surface area contributed by atoms with E-state index in [0.29, 0.717) is 17.3 Å². The summed E-state index contributed by atoms with van der Waals surface area (Å²) >= 11 is 0. The second-order valence-electron chi connectivity index (χ2n) is 5.65. The molecule has 0 aromatic carbocycles. The Hall–Kier alpha value is -2.11. The van der Waals surface area contributed by atoms with E-state index in [1.807, 2.05) is 4.68 Å². The van der Waals surface area contributed by atoms with E-state index in [0.717, 1.165) is 36.8 Å². The van der Waals surface area contributed by atoms with E-state index in [4.69, 9.17) is 5.73 Å². The molecule has 0 unspecified atom stereocenters. The summed E-state index contributed by atoms with van der Waals surface area (Å²) in [5, 5.41) is 8.04. The van der Waals surface area contributed by atoms with Crippen molar-refractivity contribution in [3.8, 4) is 0 Å². The molecule has 2 aromatic rings. The number of nitrogen functional groups attached to an aromatic ring is 1. The fourth-order valence-electron chi connectivity index (χ4n) is 2.39. The van der Waals surface area contributed by atoms with Crippen LogP contribution < -0.4 is 11.1 Å². The first-order valence-electron chi connectivity index (χ1n) is 7.61. The molecule has 1 aliphatic carbocycles. The standard InChI is InChI=1S/C15H21N5O/c1-2-3-4-7-20-14-11(9-18-20)13(16)12(8-17-14)15(21)19-10-5-6-10/h8-10H,2-7H2,1H3,(H2,16,17)(H,19,21). The number of nitrogens with two attached hydrogens (primary N) is 1. The van der Waals surface area contributed by atoms with Gasteiger partial charge >= 0.3 is 0 Å². The van der Waals surface area contributed by atoms with Gasteiger partial charge in [-0.1, -0.05) is 19.8 Å². The molecule has 0 atom stereocenters. The third kappa shape index (κ3) is 2.84. The zero-order valence-corrected chi connectivity index (χ0v) is 12.3. The molecule has 2 heterocycles. The van der Waals surface area contributed by atoms with Crippen LogP contribution in [0.25, 0.3) is 11.0 Å². The van der Waals surface area contributed by atoms with Crippen molar-refractivity contribution in [2.45, 2.75) is 51.6 Å². The van der Waals surface area contributed by atoms with Gasteiger partial charge in [0, 0.05) is 18.8 Å². The van der Waals surface area contributed by atoms with Gasteiger partial charge in [0.2, 0.25) is 0 Å². The highest BCUT2D eigenvalue weighted by Crippen LogP contribution is 2.25. The molecule has 1 fully saturated rings. The van der Waals surface area contributed by atoms with Crippen molar-refractivity contribution in [3.05, 3.63) is 18.0 Å². The van der Waals surface area contributed by atoms with E-state index in [2.05, 4.69) is 22.3 Å². The van der Waals surface area contributed by atoms with Gasteiger partial charge < -0.3 is 11.1 Å². The highest BCUT2D eigenvalue weighted by molar-refractivity contribution is 6.05. The maximum absolute atomic E-state index is 12.1. The lowest BCUT2D eigenvalue weighted by atomic mass is 10.1. The Morgan fingerprint density at radius 2 is 2.24 bits per heavy atom. The molecule has 3 N–H and O–H groups in total. The fraction of sp³-hybridized carbons (Fsp3) is 0.533. The second-order valence-corrected chi connectivity index (χ2v) is 5.65. The summed E-state index contributed by atoms with van der Waals surface area (Å²) in [6.45, 7) is 3.00. The number of carbonyl (C=O) groups is 1. The Morgan fingerprint density at radius 1 is 1.43 bits per heavy atom. The minimum absolute atomic E-state index is 0.136. The summed E-state index contributed by atoms with van der Waals surface area (Å²) in [4.78, 5) is 16.5. The average Bonchev–Trinajstić information content (AvgIpc) is 3.18. The Morgan fingerprint density at radius 3 is 2.95 bits per heavy atom. The molecule has 2 aromatic heterocycles. The third-order valence-corrected chi connectivity index (χ3v) is 3.84. The molecular formula is C15H21N5O. The minimum atomic E-state index is -0.136. The summed E-state index contributed by atoms with van der Waals surface area (Å²) in [6.07, 6.45) is 8.77. The van der Waals surface area contributed by atoms with Crippen LogP contribution in [0.2, 0.25) is 0 Å². The molecule has 0 radical (unpaired) electrons. The second kappa shape index (κ2) is 5.71. The van der Waals surface area contributed by atoms with Crippen LogP contribution in [0.3, 0.4) is 0 Å². The van der Waals surface area contributed by atoms with E-state index in [9.17, 15) is 4.79 Å². The molecule has 0 bridgehead atoms. The van der Waals surface area contributed by atoms with Gasteiger partial charge in [0.1, 0.15) is 0 Å². The van der Waals surface area contributed by atoms with Crippen LogP contribution in [0.5, 0.6) is 0 Å². The average molecular weight is 287 g/mol. The number of carbonyl (C=O) groups excluding carboxylic acids is 1. The Labute approximate surface area is 123 Å². The first-order valence-corrected chi connectivity index (χ1v) is 7.61. The summed E-state index contributed by atoms with van der Waals surface area (Å²) in [6, 6.07) is 0.310. The van der Waals surface area contributed by atoms with Crippen molar-refractivity contribution in [2.24, 2.45) is 0 Å². The molecule has 0 aliphatic heterocycles. The molecule has 112 valence electrons. The number of hydrogen-bond donors (Lipinski definition) is 2. The highest BCUT2D eigenvalue weighted by atomic mass is 16.1. The Kier molecular flexibility index (Phi) is 3.77. The number of nitrogens with one attached hydrogen (secondary N) is 1. The predicted octanol–water partition coefficient (Wildman–Crippen LogP) is 2.10. The monoisotopic (exact) mass is 287 g/mol. The largest absolute Gasteiger partial charge is 0.397 e. The van der Waals surface area contributed by atoms with Gasteiger partial charge in [-0.3, -0.25) is 4.79 Å². The lowest BCUT2D eigenvalue weighted by Crippen LogP contribution is -2.26. The van der Waals surface area contributed by atoms with Gasteiger partial charge in [-0.15, -0.1) is 0 Å². The third-order valence-electron chi connectivity index (χ3n) is 3.84. The molecule has 0 saturated heterocycles. The van der Waals surface area contributed by atoms with Gasteiger partial charge in [0.05, 0.1) is 22.8 Å². The first-order chi connectivity index (χ1) is 10.2. The first kappa shape index (κ1) is 13.9. The van der Waals surface area contributed by atoms with Crippen LogP contribution in [-0.4, -0.2) is 26.7 Å². The number of fused-ring (bicyclic) bond motifs is 1. The van der Waals surface area contributed by atoms with Gasteiger partial charge in [0.25, 0.3) is 5.91 Å². The zero-order valence-electron chi connectivity index (χ0n) is 12.3. The van der Waals surface area contributed by atoms with Crippen LogP contribution in [0, 0.1) is 0 Å². The lowest BCUT2D eigenvalue weighted by molar-refractivity contribution is 0.0952. The normalized spacial score (nSPS) is 14.5. The van der Waals surface area contributed by atoms with E-state index in [-0.39, 0.29) is 5.91 Å². The van der Waals surface area contributed by atoms with Crippen molar-refractivity contribution < 1.29 is 4.79 Å². The van der Waals surface area contributed by atoms with Gasteiger partial charge in [-0.05, 0) is 19.3 Å². The SMILES string of the molecule is CCCCCn1ncc2c(N)c(C(=O)NC3CC3)cnc21.